The number of methoxy groups -OCH3 is 2. The molecule has 0 saturated heterocycles. The molecule has 0 spiro atoms. The third-order valence-electron chi connectivity index (χ3n) is 4.00. The van der Waals surface area contributed by atoms with Gasteiger partial charge < -0.3 is 14.8 Å². The number of benzene rings is 1. The topological polar surface area (TPSA) is 47.8 Å². The van der Waals surface area contributed by atoms with Crippen LogP contribution in [0.25, 0.3) is 16.2 Å². The Hall–Kier alpha value is -2.05. The minimum atomic E-state index is 0.725. The minimum Gasteiger partial charge on any atom is -0.493 e. The Kier molecular flexibility index (Phi) is 3.28. The van der Waals surface area contributed by atoms with E-state index in [4.69, 9.17) is 14.5 Å². The number of fused-ring (bicyclic) bond motifs is 3. The van der Waals surface area contributed by atoms with Crippen molar-refractivity contribution >= 4 is 16.3 Å². The van der Waals surface area contributed by atoms with Crippen LogP contribution in [0.4, 0.5) is 0 Å². The number of nitrogens with zero attached hydrogens (tertiary/aromatic N) is 2. The van der Waals surface area contributed by atoms with Crippen LogP contribution in [0.3, 0.4) is 0 Å². The Morgan fingerprint density at radius 1 is 1.23 bits per heavy atom. The Balaban J connectivity index is 1.79. The van der Waals surface area contributed by atoms with Crippen molar-refractivity contribution in [3.8, 4) is 22.8 Å². The molecule has 114 valence electrons. The van der Waals surface area contributed by atoms with Gasteiger partial charge in [-0.25, -0.2) is 4.98 Å². The summed E-state index contributed by atoms with van der Waals surface area (Å²) >= 11 is 1.77. The number of nitrogens with one attached hydrogen (secondary N) is 1. The fraction of sp³-hybridized carbons (Fsp3) is 0.312. The number of imidazole rings is 1. The number of ether oxygens (including phenoxy) is 2. The first kappa shape index (κ1) is 13.6. The van der Waals surface area contributed by atoms with Gasteiger partial charge in [0.25, 0.3) is 0 Å². The predicted octanol–water partition coefficient (Wildman–Crippen LogP) is 2.73. The zero-order chi connectivity index (χ0) is 15.1. The smallest absolute Gasteiger partial charge is 0.194 e. The molecular formula is C16H17N3O2S. The maximum Gasteiger partial charge on any atom is 0.194 e. The van der Waals surface area contributed by atoms with Crippen LogP contribution in [0.2, 0.25) is 0 Å². The summed E-state index contributed by atoms with van der Waals surface area (Å²) in [5.74, 6) is 1.46. The van der Waals surface area contributed by atoms with E-state index in [0.717, 1.165) is 47.2 Å². The Labute approximate surface area is 132 Å². The molecule has 5 nitrogen and oxygen atoms in total. The van der Waals surface area contributed by atoms with Gasteiger partial charge in [0.1, 0.15) is 0 Å². The molecule has 1 N–H and O–H groups in total. The lowest BCUT2D eigenvalue weighted by molar-refractivity contribution is 0.355. The molecule has 0 saturated carbocycles. The molecular weight excluding hydrogens is 298 g/mol. The van der Waals surface area contributed by atoms with Crippen LogP contribution in [-0.4, -0.2) is 30.1 Å². The SMILES string of the molecule is COc1ccc(-c2cn3c4c(sc3n2)CNCC4)cc1OC. The van der Waals surface area contributed by atoms with Gasteiger partial charge in [-0.05, 0) is 18.2 Å². The van der Waals surface area contributed by atoms with Gasteiger partial charge in [-0.1, -0.05) is 11.3 Å². The van der Waals surface area contributed by atoms with Gasteiger partial charge in [0.15, 0.2) is 16.5 Å². The largest absolute Gasteiger partial charge is 0.493 e. The van der Waals surface area contributed by atoms with E-state index < -0.39 is 0 Å². The average Bonchev–Trinajstić information content (AvgIpc) is 3.12. The second kappa shape index (κ2) is 5.30. The fourth-order valence-electron chi connectivity index (χ4n) is 2.87. The first-order valence-electron chi connectivity index (χ1n) is 7.23. The monoisotopic (exact) mass is 315 g/mol. The normalized spacial score (nSPS) is 14.1. The van der Waals surface area contributed by atoms with Crippen molar-refractivity contribution in [3.05, 3.63) is 35.0 Å². The highest BCUT2D eigenvalue weighted by Crippen LogP contribution is 2.34. The van der Waals surface area contributed by atoms with Gasteiger partial charge in [-0.3, -0.25) is 4.40 Å². The maximum atomic E-state index is 5.38. The molecule has 1 aliphatic rings. The number of hydrogen-bond donors (Lipinski definition) is 1. The van der Waals surface area contributed by atoms with Crippen LogP contribution < -0.4 is 14.8 Å². The quantitative estimate of drug-likeness (QED) is 0.807. The summed E-state index contributed by atoms with van der Waals surface area (Å²) < 4.78 is 12.9. The highest BCUT2D eigenvalue weighted by molar-refractivity contribution is 7.17. The maximum absolute atomic E-state index is 5.38. The van der Waals surface area contributed by atoms with Crippen molar-refractivity contribution in [1.29, 1.82) is 0 Å². The molecule has 6 heteroatoms. The van der Waals surface area contributed by atoms with Crippen molar-refractivity contribution in [1.82, 2.24) is 14.7 Å². The van der Waals surface area contributed by atoms with Crippen molar-refractivity contribution in [3.63, 3.8) is 0 Å². The molecule has 0 aliphatic carbocycles. The van der Waals surface area contributed by atoms with E-state index in [1.807, 2.05) is 18.2 Å². The Bertz CT molecular complexity index is 837. The number of aromatic nitrogens is 2. The lowest BCUT2D eigenvalue weighted by atomic mass is 10.1. The van der Waals surface area contributed by atoms with Crippen LogP contribution in [0.5, 0.6) is 11.5 Å². The molecule has 0 fully saturated rings. The van der Waals surface area contributed by atoms with E-state index in [9.17, 15) is 0 Å². The van der Waals surface area contributed by atoms with Crippen LogP contribution >= 0.6 is 11.3 Å². The third kappa shape index (κ3) is 2.07. The molecule has 0 amide bonds. The zero-order valence-electron chi connectivity index (χ0n) is 12.5. The molecule has 22 heavy (non-hydrogen) atoms. The van der Waals surface area contributed by atoms with Crippen molar-refractivity contribution in [2.45, 2.75) is 13.0 Å². The van der Waals surface area contributed by atoms with Gasteiger partial charge >= 0.3 is 0 Å². The van der Waals surface area contributed by atoms with Crippen LogP contribution in [0.15, 0.2) is 24.4 Å². The summed E-state index contributed by atoms with van der Waals surface area (Å²) in [5.41, 5.74) is 3.39. The molecule has 4 rings (SSSR count). The lowest BCUT2D eigenvalue weighted by Crippen LogP contribution is -2.23. The van der Waals surface area contributed by atoms with Crippen molar-refractivity contribution < 1.29 is 9.47 Å². The molecule has 0 unspecified atom stereocenters. The van der Waals surface area contributed by atoms with E-state index in [1.54, 1.807) is 25.6 Å². The van der Waals surface area contributed by atoms with Crippen LogP contribution in [0, 0.1) is 0 Å². The Morgan fingerprint density at radius 2 is 2.09 bits per heavy atom. The Morgan fingerprint density at radius 3 is 2.91 bits per heavy atom. The summed E-state index contributed by atoms with van der Waals surface area (Å²) in [5, 5.41) is 3.40. The molecule has 0 bridgehead atoms. The van der Waals surface area contributed by atoms with E-state index in [1.165, 1.54) is 10.6 Å². The van der Waals surface area contributed by atoms with Gasteiger partial charge in [0.2, 0.25) is 0 Å². The number of thiazole rings is 1. The van der Waals surface area contributed by atoms with Crippen LogP contribution in [-0.2, 0) is 13.0 Å². The second-order valence-electron chi connectivity index (χ2n) is 5.25. The fourth-order valence-corrected chi connectivity index (χ4v) is 3.99. The van der Waals surface area contributed by atoms with Crippen molar-refractivity contribution in [2.75, 3.05) is 20.8 Å². The lowest BCUT2D eigenvalue weighted by Gasteiger charge is -2.12. The van der Waals surface area contributed by atoms with E-state index in [2.05, 4.69) is 15.9 Å². The first-order chi connectivity index (χ1) is 10.8. The highest BCUT2D eigenvalue weighted by Gasteiger charge is 2.18. The first-order valence-corrected chi connectivity index (χ1v) is 8.04. The van der Waals surface area contributed by atoms with E-state index >= 15 is 0 Å². The van der Waals surface area contributed by atoms with Gasteiger partial charge in [-0.2, -0.15) is 0 Å². The zero-order valence-corrected chi connectivity index (χ0v) is 13.4. The standard InChI is InChI=1S/C16H17N3O2S/c1-20-13-4-3-10(7-14(13)21-2)11-9-19-12-5-6-17-8-15(12)22-16(19)18-11/h3-4,7,9,17H,5-6,8H2,1-2H3. The molecule has 0 atom stereocenters. The second-order valence-corrected chi connectivity index (χ2v) is 6.31. The number of hydrogen-bond acceptors (Lipinski definition) is 5. The van der Waals surface area contributed by atoms with Crippen LogP contribution in [0.1, 0.15) is 10.6 Å². The van der Waals surface area contributed by atoms with Gasteiger partial charge in [0, 0.05) is 41.8 Å². The molecule has 0 radical (unpaired) electrons. The molecule has 1 aliphatic heterocycles. The summed E-state index contributed by atoms with van der Waals surface area (Å²) in [7, 11) is 3.29. The van der Waals surface area contributed by atoms with E-state index in [-0.39, 0.29) is 0 Å². The summed E-state index contributed by atoms with van der Waals surface area (Å²) in [6, 6.07) is 5.90. The minimum absolute atomic E-state index is 0.725. The average molecular weight is 315 g/mol. The molecule has 1 aromatic carbocycles. The molecule has 2 aromatic heterocycles. The van der Waals surface area contributed by atoms with E-state index in [0.29, 0.717) is 0 Å². The number of rotatable bonds is 3. The summed E-state index contributed by atoms with van der Waals surface area (Å²) in [4.78, 5) is 7.23. The predicted molar refractivity (Wildman–Crippen MR) is 87.0 cm³/mol. The molecule has 3 aromatic rings. The summed E-state index contributed by atoms with van der Waals surface area (Å²) in [6.07, 6.45) is 3.17. The van der Waals surface area contributed by atoms with Gasteiger partial charge in [0.05, 0.1) is 19.9 Å². The molecule has 3 heterocycles. The van der Waals surface area contributed by atoms with Crippen molar-refractivity contribution in [2.24, 2.45) is 0 Å². The summed E-state index contributed by atoms with van der Waals surface area (Å²) in [6.45, 7) is 1.98. The third-order valence-corrected chi connectivity index (χ3v) is 5.10. The van der Waals surface area contributed by atoms with Gasteiger partial charge in [-0.15, -0.1) is 0 Å². The highest BCUT2D eigenvalue weighted by atomic mass is 32.1.